The predicted octanol–water partition coefficient (Wildman–Crippen LogP) is 21.0. The van der Waals surface area contributed by atoms with Crippen molar-refractivity contribution in [3.8, 4) is 66.8 Å². The largest absolute Gasteiger partial charge is 0.310 e. The first-order chi connectivity index (χ1) is 36.7. The number of thiophene rings is 1. The zero-order valence-electron chi connectivity index (χ0n) is 40.5. The Labute approximate surface area is 435 Å². The zero-order chi connectivity index (χ0) is 49.0. The van der Waals surface area contributed by atoms with Gasteiger partial charge < -0.3 is 4.90 Å². The summed E-state index contributed by atoms with van der Waals surface area (Å²) in [6.45, 7) is 0. The van der Waals surface area contributed by atoms with Gasteiger partial charge in [0.1, 0.15) is 0 Å². The fraction of sp³-hybridized carbons (Fsp3) is 0. The second-order valence-electron chi connectivity index (χ2n) is 19.1. The second-order valence-corrected chi connectivity index (χ2v) is 20.2. The van der Waals surface area contributed by atoms with Gasteiger partial charge in [-0.15, -0.1) is 11.3 Å². The summed E-state index contributed by atoms with van der Waals surface area (Å²) < 4.78 is 2.55. The van der Waals surface area contributed by atoms with Crippen LogP contribution in [0.4, 0.5) is 17.1 Å². The van der Waals surface area contributed by atoms with Crippen LogP contribution in [0.15, 0.2) is 285 Å². The molecule has 1 nitrogen and oxygen atoms in total. The first-order valence-electron chi connectivity index (χ1n) is 25.4. The molecule has 346 valence electrons. The van der Waals surface area contributed by atoms with E-state index in [4.69, 9.17) is 0 Å². The average molecular weight is 958 g/mol. The van der Waals surface area contributed by atoms with Crippen LogP contribution < -0.4 is 4.90 Å². The highest BCUT2D eigenvalue weighted by molar-refractivity contribution is 7.26. The van der Waals surface area contributed by atoms with Gasteiger partial charge in [-0.25, -0.2) is 0 Å². The summed E-state index contributed by atoms with van der Waals surface area (Å²) in [7, 11) is 0. The maximum atomic E-state index is 2.46. The highest BCUT2D eigenvalue weighted by Crippen LogP contribution is 2.50. The molecule has 0 aliphatic heterocycles. The first kappa shape index (κ1) is 43.4. The summed E-state index contributed by atoms with van der Waals surface area (Å²) in [5.41, 5.74) is 17.9. The van der Waals surface area contributed by atoms with Crippen molar-refractivity contribution in [2.24, 2.45) is 0 Å². The standard InChI is InChI=1S/C72H47NS/c1-2-18-55-47-56(36-35-48(55)15-1)51-33-31-49(32-34-51)50-37-41-57(42-38-50)73(69-46-45-67(64-29-14-20-53-17-4-6-22-60(53)64)72-71(69)68-27-11-12-30-70(68)74-72)58-43-39-54(40-44-58)61-23-7-8-24-62(61)65-25-9-10-26-66(65)63-28-13-19-52-16-3-5-21-59(52)63/h1-47H. The van der Waals surface area contributed by atoms with Crippen molar-refractivity contribution in [1.29, 1.82) is 0 Å². The predicted molar refractivity (Wildman–Crippen MR) is 319 cm³/mol. The third-order valence-corrected chi connectivity index (χ3v) is 16.1. The Morgan fingerprint density at radius 1 is 0.243 bits per heavy atom. The Hall–Kier alpha value is -9.34. The van der Waals surface area contributed by atoms with E-state index in [0.29, 0.717) is 0 Å². The molecule has 0 aliphatic rings. The third-order valence-electron chi connectivity index (χ3n) is 14.9. The molecule has 2 heteroatoms. The molecule has 0 aliphatic carbocycles. The fourth-order valence-corrected chi connectivity index (χ4v) is 12.5. The summed E-state index contributed by atoms with van der Waals surface area (Å²) in [5, 5.41) is 10.0. The van der Waals surface area contributed by atoms with Crippen LogP contribution >= 0.6 is 11.3 Å². The summed E-state index contributed by atoms with van der Waals surface area (Å²) in [6.07, 6.45) is 0. The lowest BCUT2D eigenvalue weighted by Crippen LogP contribution is -2.10. The van der Waals surface area contributed by atoms with E-state index in [1.807, 2.05) is 11.3 Å². The number of hydrogen-bond donors (Lipinski definition) is 0. The van der Waals surface area contributed by atoms with Crippen LogP contribution in [-0.4, -0.2) is 0 Å². The average Bonchev–Trinajstić information content (AvgIpc) is 3.88. The van der Waals surface area contributed by atoms with E-state index in [2.05, 4.69) is 290 Å². The van der Waals surface area contributed by atoms with Gasteiger partial charge in [-0.3, -0.25) is 0 Å². The highest BCUT2D eigenvalue weighted by Gasteiger charge is 2.23. The SMILES string of the molecule is c1ccc(-c2ccccc2-c2cccc3ccccc23)c(-c2ccc(N(c3ccc(-c4ccc(-c5ccc6ccccc6c5)cc4)cc3)c3ccc(-c4cccc5ccccc45)c4sc5ccccc5c34)cc2)c1. The van der Waals surface area contributed by atoms with Crippen molar-refractivity contribution in [2.45, 2.75) is 0 Å². The molecule has 13 aromatic carbocycles. The van der Waals surface area contributed by atoms with Crippen molar-refractivity contribution in [3.05, 3.63) is 285 Å². The van der Waals surface area contributed by atoms with Gasteiger partial charge >= 0.3 is 0 Å². The topological polar surface area (TPSA) is 3.24 Å². The summed E-state index contributed by atoms with van der Waals surface area (Å²) >= 11 is 1.89. The van der Waals surface area contributed by atoms with E-state index in [1.54, 1.807) is 0 Å². The molecule has 0 fully saturated rings. The molecule has 0 atom stereocenters. The van der Waals surface area contributed by atoms with Gasteiger partial charge in [-0.2, -0.15) is 0 Å². The molecule has 0 N–H and O–H groups in total. The quantitative estimate of drug-likeness (QED) is 0.139. The molecule has 0 spiro atoms. The lowest BCUT2D eigenvalue weighted by Gasteiger charge is -2.27. The number of rotatable bonds is 9. The molecular weight excluding hydrogens is 911 g/mol. The van der Waals surface area contributed by atoms with Crippen LogP contribution in [-0.2, 0) is 0 Å². The Bertz CT molecular complexity index is 4400. The molecule has 0 amide bonds. The van der Waals surface area contributed by atoms with Crippen LogP contribution in [0.1, 0.15) is 0 Å². The molecule has 0 radical (unpaired) electrons. The Balaban J connectivity index is 0.896. The van der Waals surface area contributed by atoms with Gasteiger partial charge in [0.15, 0.2) is 0 Å². The van der Waals surface area contributed by atoms with E-state index in [0.717, 1.165) is 22.6 Å². The number of nitrogens with zero attached hydrogens (tertiary/aromatic N) is 1. The Kier molecular flexibility index (Phi) is 10.8. The van der Waals surface area contributed by atoms with Gasteiger partial charge in [0.25, 0.3) is 0 Å². The van der Waals surface area contributed by atoms with Gasteiger partial charge in [-0.05, 0) is 136 Å². The van der Waals surface area contributed by atoms with Crippen LogP contribution in [0.3, 0.4) is 0 Å². The molecule has 0 unspecified atom stereocenters. The fourth-order valence-electron chi connectivity index (χ4n) is 11.3. The normalized spacial score (nSPS) is 11.5. The maximum absolute atomic E-state index is 2.46. The highest BCUT2D eigenvalue weighted by atomic mass is 32.1. The molecule has 14 aromatic rings. The molecule has 0 bridgehead atoms. The zero-order valence-corrected chi connectivity index (χ0v) is 41.3. The third kappa shape index (κ3) is 7.63. The molecule has 74 heavy (non-hydrogen) atoms. The van der Waals surface area contributed by atoms with Crippen molar-refractivity contribution >= 4 is 80.9 Å². The Morgan fingerprint density at radius 2 is 0.662 bits per heavy atom. The van der Waals surface area contributed by atoms with Crippen LogP contribution in [0.25, 0.3) is 119 Å². The van der Waals surface area contributed by atoms with E-state index in [-0.39, 0.29) is 0 Å². The smallest absolute Gasteiger partial charge is 0.0555 e. The number of anilines is 3. The monoisotopic (exact) mass is 957 g/mol. The van der Waals surface area contributed by atoms with Gasteiger partial charge in [0.05, 0.1) is 5.69 Å². The maximum Gasteiger partial charge on any atom is 0.0555 e. The summed E-state index contributed by atoms with van der Waals surface area (Å²) in [5.74, 6) is 0. The molecule has 1 aromatic heterocycles. The molecule has 0 saturated carbocycles. The van der Waals surface area contributed by atoms with Crippen molar-refractivity contribution < 1.29 is 0 Å². The molecule has 14 rings (SSSR count). The van der Waals surface area contributed by atoms with Gasteiger partial charge in [0.2, 0.25) is 0 Å². The number of hydrogen-bond acceptors (Lipinski definition) is 2. The van der Waals surface area contributed by atoms with Gasteiger partial charge in [0, 0.05) is 37.1 Å². The van der Waals surface area contributed by atoms with E-state index in [1.165, 1.54) is 114 Å². The van der Waals surface area contributed by atoms with Crippen molar-refractivity contribution in [1.82, 2.24) is 0 Å². The molecular formula is C72H47NS. The number of benzene rings is 13. The van der Waals surface area contributed by atoms with Crippen LogP contribution in [0, 0.1) is 0 Å². The summed E-state index contributed by atoms with van der Waals surface area (Å²) in [6, 6.07) is 105. The first-order valence-corrected chi connectivity index (χ1v) is 26.2. The van der Waals surface area contributed by atoms with E-state index >= 15 is 0 Å². The van der Waals surface area contributed by atoms with Gasteiger partial charge in [-0.1, -0.05) is 243 Å². The van der Waals surface area contributed by atoms with Crippen LogP contribution in [0.2, 0.25) is 0 Å². The van der Waals surface area contributed by atoms with Crippen molar-refractivity contribution in [2.75, 3.05) is 4.90 Å². The summed E-state index contributed by atoms with van der Waals surface area (Å²) in [4.78, 5) is 2.46. The number of fused-ring (bicyclic) bond motifs is 6. The van der Waals surface area contributed by atoms with E-state index < -0.39 is 0 Å². The Morgan fingerprint density at radius 3 is 1.30 bits per heavy atom. The van der Waals surface area contributed by atoms with E-state index in [9.17, 15) is 0 Å². The lowest BCUT2D eigenvalue weighted by atomic mass is 9.88. The van der Waals surface area contributed by atoms with Crippen LogP contribution in [0.5, 0.6) is 0 Å². The minimum Gasteiger partial charge on any atom is -0.310 e. The van der Waals surface area contributed by atoms with Crippen molar-refractivity contribution in [3.63, 3.8) is 0 Å². The minimum absolute atomic E-state index is 1.09. The lowest BCUT2D eigenvalue weighted by molar-refractivity contribution is 1.30. The second kappa shape index (κ2) is 18.4. The molecule has 0 saturated heterocycles. The minimum atomic E-state index is 1.09. The molecule has 1 heterocycles.